The molecular formula is C21H34O2. The lowest BCUT2D eigenvalue weighted by Gasteiger charge is -2.58. The zero-order valence-corrected chi connectivity index (χ0v) is 15.8. The molecule has 0 aromatic heterocycles. The van der Waals surface area contributed by atoms with Crippen LogP contribution in [0.1, 0.15) is 80.1 Å². The standard InChI is InChI=1S/C21H34O2/c1-13-14(22)11-15(23)19(5)9-10-20(6)16-17(2,3)7-8-18(16,4)12-21(13,19)20/h13-14,16,22H,7-12H2,1-6H3/t13-,14+,16?,18+,19-,20-,21?/m0/s1. The largest absolute Gasteiger partial charge is 0.392 e. The van der Waals surface area contributed by atoms with Crippen LogP contribution in [-0.2, 0) is 4.79 Å². The molecule has 2 nitrogen and oxygen atoms in total. The second kappa shape index (κ2) is 4.06. The Balaban J connectivity index is 1.96. The molecule has 1 spiro atoms. The first-order chi connectivity index (χ1) is 10.4. The van der Waals surface area contributed by atoms with Gasteiger partial charge in [0, 0.05) is 11.8 Å². The van der Waals surface area contributed by atoms with Gasteiger partial charge >= 0.3 is 0 Å². The van der Waals surface area contributed by atoms with Crippen LogP contribution in [0.3, 0.4) is 0 Å². The van der Waals surface area contributed by atoms with Crippen molar-refractivity contribution in [3.8, 4) is 0 Å². The summed E-state index contributed by atoms with van der Waals surface area (Å²) in [5.41, 5.74) is 0.650. The minimum Gasteiger partial charge on any atom is -0.392 e. The number of fused-ring (bicyclic) bond motifs is 2. The van der Waals surface area contributed by atoms with Gasteiger partial charge in [-0.15, -0.1) is 0 Å². The van der Waals surface area contributed by atoms with Gasteiger partial charge in [0.15, 0.2) is 0 Å². The average Bonchev–Trinajstić information content (AvgIpc) is 2.91. The van der Waals surface area contributed by atoms with E-state index in [-0.39, 0.29) is 22.2 Å². The first-order valence-corrected chi connectivity index (χ1v) is 9.66. The molecule has 4 rings (SSSR count). The maximum atomic E-state index is 13.1. The molecular weight excluding hydrogens is 284 g/mol. The smallest absolute Gasteiger partial charge is 0.141 e. The fourth-order valence-corrected chi connectivity index (χ4v) is 9.18. The van der Waals surface area contributed by atoms with Gasteiger partial charge in [0.25, 0.3) is 0 Å². The normalized spacial score (nSPS) is 60.5. The molecule has 0 amide bonds. The predicted octanol–water partition coefficient (Wildman–Crippen LogP) is 4.60. The van der Waals surface area contributed by atoms with E-state index in [4.69, 9.17) is 0 Å². The second-order valence-electron chi connectivity index (χ2n) is 11.0. The molecule has 0 aromatic carbocycles. The Kier molecular flexibility index (Phi) is 2.84. The highest BCUT2D eigenvalue weighted by Crippen LogP contribution is 2.85. The number of aliphatic hydroxyl groups is 1. The number of carbonyl (C=O) groups is 1. The van der Waals surface area contributed by atoms with E-state index in [0.717, 1.165) is 19.3 Å². The molecule has 0 saturated heterocycles. The Hall–Kier alpha value is -0.370. The monoisotopic (exact) mass is 318 g/mol. The highest BCUT2D eigenvalue weighted by molar-refractivity contribution is 5.88. The summed E-state index contributed by atoms with van der Waals surface area (Å²) in [4.78, 5) is 13.1. The van der Waals surface area contributed by atoms with Crippen molar-refractivity contribution in [2.75, 3.05) is 0 Å². The van der Waals surface area contributed by atoms with Crippen molar-refractivity contribution in [2.45, 2.75) is 86.2 Å². The molecule has 4 fully saturated rings. The Labute approximate surface area is 141 Å². The summed E-state index contributed by atoms with van der Waals surface area (Å²) in [7, 11) is 0. The first kappa shape index (κ1) is 16.1. The minimum atomic E-state index is -0.446. The molecule has 4 aliphatic rings. The summed E-state index contributed by atoms with van der Waals surface area (Å²) in [5.74, 6) is 1.24. The number of Topliss-reactive ketones (excluding diaryl/α,β-unsaturated/α-hetero) is 1. The van der Waals surface area contributed by atoms with E-state index in [1.807, 2.05) is 0 Å². The molecule has 23 heavy (non-hydrogen) atoms. The average molecular weight is 319 g/mol. The summed E-state index contributed by atoms with van der Waals surface area (Å²) in [6.45, 7) is 14.4. The van der Waals surface area contributed by atoms with Crippen molar-refractivity contribution in [2.24, 2.45) is 38.9 Å². The first-order valence-electron chi connectivity index (χ1n) is 9.66. The van der Waals surface area contributed by atoms with Crippen LogP contribution in [-0.4, -0.2) is 17.0 Å². The Morgan fingerprint density at radius 3 is 2.30 bits per heavy atom. The molecule has 1 N–H and O–H groups in total. The maximum Gasteiger partial charge on any atom is 0.141 e. The van der Waals surface area contributed by atoms with Crippen molar-refractivity contribution >= 4 is 5.78 Å². The summed E-state index contributed by atoms with van der Waals surface area (Å²) >= 11 is 0. The summed E-state index contributed by atoms with van der Waals surface area (Å²) in [5, 5.41) is 10.7. The molecule has 7 atom stereocenters. The SMILES string of the molecule is C[C@H]1[C@H](O)CC(=O)[C@]2(C)CC[C@@]3(C)C4C(C)(C)CC[C@]4(C)CC123. The molecule has 130 valence electrons. The molecule has 0 aliphatic heterocycles. The number of rotatable bonds is 0. The lowest BCUT2D eigenvalue weighted by molar-refractivity contribution is -0.168. The van der Waals surface area contributed by atoms with Gasteiger partial charge in [0.05, 0.1) is 6.10 Å². The van der Waals surface area contributed by atoms with E-state index in [9.17, 15) is 9.90 Å². The van der Waals surface area contributed by atoms with Crippen LogP contribution in [0.15, 0.2) is 0 Å². The minimum absolute atomic E-state index is 0.00808. The lowest BCUT2D eigenvalue weighted by Crippen LogP contribution is -2.59. The van der Waals surface area contributed by atoms with E-state index in [1.165, 1.54) is 12.8 Å². The predicted molar refractivity (Wildman–Crippen MR) is 91.9 cm³/mol. The van der Waals surface area contributed by atoms with Gasteiger partial charge in [0.1, 0.15) is 5.78 Å². The number of hydrogen-bond donors (Lipinski definition) is 1. The van der Waals surface area contributed by atoms with Crippen molar-refractivity contribution in [3.63, 3.8) is 0 Å². The van der Waals surface area contributed by atoms with E-state index >= 15 is 0 Å². The second-order valence-corrected chi connectivity index (χ2v) is 11.0. The van der Waals surface area contributed by atoms with Gasteiger partial charge in [-0.25, -0.2) is 0 Å². The fourth-order valence-electron chi connectivity index (χ4n) is 9.18. The highest BCUT2D eigenvalue weighted by Gasteiger charge is 2.80. The zero-order chi connectivity index (χ0) is 17.1. The molecule has 4 saturated carbocycles. The highest BCUT2D eigenvalue weighted by atomic mass is 16.3. The van der Waals surface area contributed by atoms with Gasteiger partial charge in [-0.05, 0) is 65.6 Å². The van der Waals surface area contributed by atoms with Gasteiger partial charge in [0.2, 0.25) is 0 Å². The van der Waals surface area contributed by atoms with Crippen LogP contribution in [0, 0.1) is 38.9 Å². The van der Waals surface area contributed by atoms with Crippen LogP contribution < -0.4 is 0 Å². The summed E-state index contributed by atoms with van der Waals surface area (Å²) < 4.78 is 0. The van der Waals surface area contributed by atoms with Crippen molar-refractivity contribution in [1.29, 1.82) is 0 Å². The van der Waals surface area contributed by atoms with Crippen LogP contribution in [0.25, 0.3) is 0 Å². The van der Waals surface area contributed by atoms with E-state index < -0.39 is 6.10 Å². The molecule has 4 aliphatic carbocycles. The van der Waals surface area contributed by atoms with E-state index in [0.29, 0.717) is 29.0 Å². The molecule has 0 aromatic rings. The number of aliphatic hydroxyl groups excluding tert-OH is 1. The third-order valence-corrected chi connectivity index (χ3v) is 9.65. The Morgan fingerprint density at radius 1 is 1.00 bits per heavy atom. The zero-order valence-electron chi connectivity index (χ0n) is 15.8. The van der Waals surface area contributed by atoms with Gasteiger partial charge in [-0.2, -0.15) is 0 Å². The Bertz CT molecular complexity index is 580. The Morgan fingerprint density at radius 2 is 1.65 bits per heavy atom. The van der Waals surface area contributed by atoms with Crippen LogP contribution >= 0.6 is 0 Å². The van der Waals surface area contributed by atoms with Crippen molar-refractivity contribution < 1.29 is 9.90 Å². The van der Waals surface area contributed by atoms with Crippen LogP contribution in [0.4, 0.5) is 0 Å². The maximum absolute atomic E-state index is 13.1. The topological polar surface area (TPSA) is 37.3 Å². The molecule has 0 radical (unpaired) electrons. The fraction of sp³-hybridized carbons (Fsp3) is 0.952. The van der Waals surface area contributed by atoms with Crippen LogP contribution in [0.5, 0.6) is 0 Å². The molecule has 0 bridgehead atoms. The number of carbonyl (C=O) groups excluding carboxylic acids is 1. The number of hydrogen-bond acceptors (Lipinski definition) is 2. The lowest BCUT2D eigenvalue weighted by atomic mass is 9.45. The molecule has 2 heteroatoms. The summed E-state index contributed by atoms with van der Waals surface area (Å²) in [6, 6.07) is 0. The van der Waals surface area contributed by atoms with Crippen LogP contribution in [0.2, 0.25) is 0 Å². The molecule has 2 unspecified atom stereocenters. The molecule has 0 heterocycles. The third-order valence-electron chi connectivity index (χ3n) is 9.65. The van der Waals surface area contributed by atoms with Gasteiger partial charge < -0.3 is 5.11 Å². The third kappa shape index (κ3) is 1.46. The van der Waals surface area contributed by atoms with Crippen molar-refractivity contribution in [3.05, 3.63) is 0 Å². The quantitative estimate of drug-likeness (QED) is 0.709. The van der Waals surface area contributed by atoms with Gasteiger partial charge in [-0.3, -0.25) is 4.79 Å². The van der Waals surface area contributed by atoms with E-state index in [2.05, 4.69) is 41.5 Å². The number of ketones is 1. The van der Waals surface area contributed by atoms with Crippen molar-refractivity contribution in [1.82, 2.24) is 0 Å². The van der Waals surface area contributed by atoms with Gasteiger partial charge in [-0.1, -0.05) is 41.5 Å². The van der Waals surface area contributed by atoms with E-state index in [1.54, 1.807) is 0 Å². The summed E-state index contributed by atoms with van der Waals surface area (Å²) in [6.07, 6.45) is 5.86.